The number of nitrogens with one attached hydrogen (secondary N) is 1. The van der Waals surface area contributed by atoms with E-state index in [1.165, 1.54) is 82.8 Å². The van der Waals surface area contributed by atoms with Gasteiger partial charge in [0.1, 0.15) is 36.2 Å². The first kappa shape index (κ1) is 40.7. The molecule has 4 atom stereocenters. The summed E-state index contributed by atoms with van der Waals surface area (Å²) in [6.45, 7) is 2.61. The maximum atomic E-state index is 14.0. The number of hydrogen-bond acceptors (Lipinski definition) is 10. The van der Waals surface area contributed by atoms with Gasteiger partial charge in [0.25, 0.3) is 0 Å². The fourth-order valence-electron chi connectivity index (χ4n) is 6.67. The fourth-order valence-corrected chi connectivity index (χ4v) is 7.36. The Morgan fingerprint density at radius 2 is 1.73 bits per heavy atom. The van der Waals surface area contributed by atoms with E-state index in [4.69, 9.17) is 24.3 Å². The number of amidine groups is 1. The Bertz CT molecular complexity index is 1460. The number of nitrogens with two attached hydrogens (primary N) is 1. The number of aliphatic imine (C=N–C) groups is 1. The number of hydrogen-bond donors (Lipinski definition) is 3. The van der Waals surface area contributed by atoms with Crippen LogP contribution in [0.2, 0.25) is 0 Å². The molecule has 1 fully saturated rings. The van der Waals surface area contributed by atoms with E-state index >= 15 is 0 Å². The number of aromatic nitrogens is 1. The Morgan fingerprint density at radius 1 is 1.04 bits per heavy atom. The minimum absolute atomic E-state index is 0.0645. The van der Waals surface area contributed by atoms with Gasteiger partial charge < -0.3 is 34.6 Å². The highest BCUT2D eigenvalue weighted by Gasteiger charge is 2.43. The summed E-state index contributed by atoms with van der Waals surface area (Å²) in [6, 6.07) is 12.1. The molecule has 4 N–H and O–H groups in total. The number of nitriles is 2. The molecule has 2 aliphatic rings. The number of halogens is 1. The molecule has 4 rings (SSSR count). The molecule has 1 saturated heterocycles. The van der Waals surface area contributed by atoms with Gasteiger partial charge in [-0.2, -0.15) is 10.5 Å². The Kier molecular flexibility index (Phi) is 17.6. The second kappa shape index (κ2) is 22.1. The van der Waals surface area contributed by atoms with Gasteiger partial charge in [0.15, 0.2) is 5.60 Å². The molecule has 13 heteroatoms. The number of fused-ring (bicyclic) bond motifs is 1. The monoisotopic (exact) mass is 726 g/mol. The van der Waals surface area contributed by atoms with Gasteiger partial charge in [-0.1, -0.05) is 96.8 Å². The third-order valence-corrected chi connectivity index (χ3v) is 10.3. The second-order valence-corrected chi connectivity index (χ2v) is 14.7. The summed E-state index contributed by atoms with van der Waals surface area (Å²) in [4.78, 5) is 14.9. The van der Waals surface area contributed by atoms with Crippen molar-refractivity contribution in [3.05, 3.63) is 58.7 Å². The van der Waals surface area contributed by atoms with Crippen LogP contribution in [0.5, 0.6) is 0 Å². The van der Waals surface area contributed by atoms with E-state index in [1.54, 1.807) is 6.07 Å². The molecule has 0 aliphatic carbocycles. The quantitative estimate of drug-likeness (QED) is 0.0673. The average molecular weight is 727 g/mol. The summed E-state index contributed by atoms with van der Waals surface area (Å²) in [5.74, 6) is -0.0565. The van der Waals surface area contributed by atoms with E-state index in [9.17, 15) is 19.8 Å². The Morgan fingerprint density at radius 3 is 2.39 bits per heavy atom. The van der Waals surface area contributed by atoms with Crippen molar-refractivity contribution in [3.63, 3.8) is 0 Å². The number of unbranched alkanes of at least 4 members (excludes halogenated alkanes) is 13. The van der Waals surface area contributed by atoms with Gasteiger partial charge in [-0.3, -0.25) is 4.68 Å². The third kappa shape index (κ3) is 13.4. The lowest BCUT2D eigenvalue weighted by atomic mass is 10.0. The summed E-state index contributed by atoms with van der Waals surface area (Å²) >= 11 is 0. The van der Waals surface area contributed by atoms with Crippen LogP contribution in [0.3, 0.4) is 0 Å². The fraction of sp³-hybridized carbons (Fsp3) is 0.658. The molecule has 0 amide bonds. The molecule has 1 aromatic carbocycles. The maximum Gasteiger partial charge on any atom is 0.330 e. The highest BCUT2D eigenvalue weighted by Crippen LogP contribution is 2.43. The van der Waals surface area contributed by atoms with E-state index in [2.05, 4.69) is 23.4 Å². The molecule has 51 heavy (non-hydrogen) atoms. The predicted octanol–water partition coefficient (Wildman–Crippen LogP) is 8.54. The maximum absolute atomic E-state index is 14.0. The molecule has 4 unspecified atom stereocenters. The van der Waals surface area contributed by atoms with Crippen molar-refractivity contribution < 1.29 is 27.8 Å². The van der Waals surface area contributed by atoms with Crippen LogP contribution in [0, 0.1) is 28.5 Å². The molecular formula is C38H56FN6O5P. The van der Waals surface area contributed by atoms with E-state index in [0.29, 0.717) is 37.3 Å². The number of nitrogens with zero attached hydrogens (tertiary/aromatic N) is 4. The van der Waals surface area contributed by atoms with Gasteiger partial charge in [-0.05, 0) is 55.2 Å². The van der Waals surface area contributed by atoms with Crippen molar-refractivity contribution in [2.45, 2.75) is 140 Å². The van der Waals surface area contributed by atoms with Crippen molar-refractivity contribution >= 4 is 14.4 Å². The standard InChI is InChI=1S/C38H56FN6O5P/c1-2-3-4-5-6-7-8-9-10-11-12-13-14-15-16-33(47-25-31-21-30(24-40)22-32(39)23-31)26-48-51(46)49-28-38(27-41)20-19-36(50-38)34-17-18-35-37(42)43-29-44-45(34)35/h17-18,21-23,33,36,44,46H,2-16,19-20,25-26,28-29H2,1H3,(H2,42,43). The lowest BCUT2D eigenvalue weighted by Crippen LogP contribution is -2.34. The van der Waals surface area contributed by atoms with Crippen LogP contribution in [-0.4, -0.2) is 47.0 Å². The van der Waals surface area contributed by atoms with Crippen molar-refractivity contribution in [3.8, 4) is 12.1 Å². The van der Waals surface area contributed by atoms with Crippen LogP contribution in [0.1, 0.15) is 145 Å². The van der Waals surface area contributed by atoms with Gasteiger partial charge >= 0.3 is 8.60 Å². The molecule has 0 bridgehead atoms. The van der Waals surface area contributed by atoms with Crippen LogP contribution >= 0.6 is 8.60 Å². The summed E-state index contributed by atoms with van der Waals surface area (Å²) in [7, 11) is -2.32. The van der Waals surface area contributed by atoms with Gasteiger partial charge in [-0.25, -0.2) is 9.38 Å². The lowest BCUT2D eigenvalue weighted by molar-refractivity contribution is -0.0397. The molecule has 0 spiro atoms. The summed E-state index contributed by atoms with van der Waals surface area (Å²) < 4.78 is 39.5. The van der Waals surface area contributed by atoms with Crippen molar-refractivity contribution in [1.29, 1.82) is 10.5 Å². The Balaban J connectivity index is 1.19. The zero-order chi connectivity index (χ0) is 36.3. The molecule has 280 valence electrons. The first-order valence-corrected chi connectivity index (χ1v) is 19.9. The van der Waals surface area contributed by atoms with Crippen LogP contribution in [0.4, 0.5) is 4.39 Å². The van der Waals surface area contributed by atoms with E-state index in [1.807, 2.05) is 22.9 Å². The van der Waals surface area contributed by atoms with E-state index in [0.717, 1.165) is 30.7 Å². The van der Waals surface area contributed by atoms with Crippen molar-refractivity contribution in [2.24, 2.45) is 10.7 Å². The zero-order valence-corrected chi connectivity index (χ0v) is 31.1. The topological polar surface area (TPSA) is 160 Å². The summed E-state index contributed by atoms with van der Waals surface area (Å²) in [5, 5.41) is 19.3. The van der Waals surface area contributed by atoms with Crippen LogP contribution in [-0.2, 0) is 25.1 Å². The average Bonchev–Trinajstić information content (AvgIpc) is 3.77. The normalized spacial score (nSPS) is 19.5. The number of benzene rings is 1. The van der Waals surface area contributed by atoms with Crippen LogP contribution in [0.15, 0.2) is 35.3 Å². The first-order valence-electron chi connectivity index (χ1n) is 18.8. The minimum atomic E-state index is -2.32. The van der Waals surface area contributed by atoms with Gasteiger partial charge in [0.2, 0.25) is 0 Å². The van der Waals surface area contributed by atoms with Gasteiger partial charge in [0.05, 0.1) is 43.3 Å². The van der Waals surface area contributed by atoms with Crippen molar-refractivity contribution in [2.75, 3.05) is 25.3 Å². The van der Waals surface area contributed by atoms with Gasteiger partial charge in [0, 0.05) is 0 Å². The number of rotatable bonds is 25. The summed E-state index contributed by atoms with van der Waals surface area (Å²) in [5.41, 5.74) is 10.3. The predicted molar refractivity (Wildman–Crippen MR) is 196 cm³/mol. The third-order valence-electron chi connectivity index (χ3n) is 9.59. The minimum Gasteiger partial charge on any atom is -0.382 e. The van der Waals surface area contributed by atoms with Crippen molar-refractivity contribution in [1.82, 2.24) is 4.68 Å². The lowest BCUT2D eigenvalue weighted by Gasteiger charge is -2.25. The molecule has 2 aromatic rings. The van der Waals surface area contributed by atoms with Crippen LogP contribution < -0.4 is 11.2 Å². The highest BCUT2D eigenvalue weighted by atomic mass is 31.2. The SMILES string of the molecule is CCCCCCCCCCCCCCCCC(COP(O)OCC1(C#N)CCC(c2ccc3n2NCN=C3N)O1)OCc1cc(F)cc(C#N)c1. The molecule has 11 nitrogen and oxygen atoms in total. The zero-order valence-electron chi connectivity index (χ0n) is 30.2. The van der Waals surface area contributed by atoms with Crippen LogP contribution in [0.25, 0.3) is 0 Å². The Labute approximate surface area is 304 Å². The Hall–Kier alpha value is -3.09. The second-order valence-electron chi connectivity index (χ2n) is 13.7. The molecule has 0 saturated carbocycles. The highest BCUT2D eigenvalue weighted by molar-refractivity contribution is 7.40. The largest absolute Gasteiger partial charge is 0.382 e. The van der Waals surface area contributed by atoms with Gasteiger partial charge in [-0.15, -0.1) is 0 Å². The molecule has 3 heterocycles. The molecule has 0 radical (unpaired) electrons. The molecular weight excluding hydrogens is 670 g/mol. The molecule has 2 aliphatic heterocycles. The van der Waals surface area contributed by atoms with E-state index < -0.39 is 20.0 Å². The number of ether oxygens (including phenoxy) is 2. The van der Waals surface area contributed by atoms with E-state index in [-0.39, 0.29) is 37.6 Å². The smallest absolute Gasteiger partial charge is 0.330 e. The summed E-state index contributed by atoms with van der Waals surface area (Å²) in [6.07, 6.45) is 18.6. The molecule has 1 aromatic heterocycles. The first-order chi connectivity index (χ1) is 24.9.